The highest BCUT2D eigenvalue weighted by atomic mass is 15.0. The standard InChI is InChI=1S/C16H28N2/c1-4-5-7-10-14(2)18-13-16(3,17)15-11-8-6-9-12-15/h6,8-9,11-12,14,18H,4-5,7,10,13,17H2,1-3H3. The molecule has 0 radical (unpaired) electrons. The SMILES string of the molecule is CCCCCC(C)NCC(C)(N)c1ccccc1. The Kier molecular flexibility index (Phi) is 6.37. The van der Waals surface area contributed by atoms with Crippen molar-refractivity contribution in [3.8, 4) is 0 Å². The van der Waals surface area contributed by atoms with Crippen molar-refractivity contribution in [1.29, 1.82) is 0 Å². The fourth-order valence-corrected chi connectivity index (χ4v) is 2.11. The molecule has 0 heterocycles. The summed E-state index contributed by atoms with van der Waals surface area (Å²) in [6.45, 7) is 7.40. The van der Waals surface area contributed by atoms with Crippen molar-refractivity contribution >= 4 is 0 Å². The van der Waals surface area contributed by atoms with Crippen molar-refractivity contribution in [1.82, 2.24) is 5.32 Å². The fraction of sp³-hybridized carbons (Fsp3) is 0.625. The maximum absolute atomic E-state index is 6.38. The quantitative estimate of drug-likeness (QED) is 0.692. The third kappa shape index (κ3) is 5.19. The van der Waals surface area contributed by atoms with E-state index in [0.29, 0.717) is 6.04 Å². The van der Waals surface area contributed by atoms with E-state index in [2.05, 4.69) is 38.2 Å². The lowest BCUT2D eigenvalue weighted by Gasteiger charge is -2.27. The molecule has 2 atom stereocenters. The first-order chi connectivity index (χ1) is 8.56. The van der Waals surface area contributed by atoms with Crippen molar-refractivity contribution in [3.63, 3.8) is 0 Å². The first-order valence-corrected chi connectivity index (χ1v) is 7.14. The molecule has 0 bridgehead atoms. The first-order valence-electron chi connectivity index (χ1n) is 7.14. The summed E-state index contributed by atoms with van der Waals surface area (Å²) >= 11 is 0. The van der Waals surface area contributed by atoms with Crippen molar-refractivity contribution in [3.05, 3.63) is 35.9 Å². The van der Waals surface area contributed by atoms with Gasteiger partial charge in [0, 0.05) is 12.6 Å². The predicted molar refractivity (Wildman–Crippen MR) is 79.6 cm³/mol. The topological polar surface area (TPSA) is 38.0 Å². The van der Waals surface area contributed by atoms with Gasteiger partial charge in [-0.2, -0.15) is 0 Å². The summed E-state index contributed by atoms with van der Waals surface area (Å²) in [6, 6.07) is 10.9. The third-order valence-corrected chi connectivity index (χ3v) is 3.49. The van der Waals surface area contributed by atoms with Gasteiger partial charge in [0.25, 0.3) is 0 Å². The van der Waals surface area contributed by atoms with E-state index in [0.717, 1.165) is 6.54 Å². The molecule has 0 aliphatic rings. The van der Waals surface area contributed by atoms with E-state index in [1.165, 1.54) is 31.2 Å². The van der Waals surface area contributed by atoms with Crippen LogP contribution in [0.3, 0.4) is 0 Å². The van der Waals surface area contributed by atoms with E-state index < -0.39 is 0 Å². The Morgan fingerprint density at radius 3 is 2.50 bits per heavy atom. The van der Waals surface area contributed by atoms with Gasteiger partial charge < -0.3 is 11.1 Å². The normalized spacial score (nSPS) is 16.2. The summed E-state index contributed by atoms with van der Waals surface area (Å²) < 4.78 is 0. The Hall–Kier alpha value is -0.860. The summed E-state index contributed by atoms with van der Waals surface area (Å²) in [7, 11) is 0. The van der Waals surface area contributed by atoms with Crippen LogP contribution in [0, 0.1) is 0 Å². The van der Waals surface area contributed by atoms with Crippen LogP contribution in [0.4, 0.5) is 0 Å². The van der Waals surface area contributed by atoms with Crippen LogP contribution in [0.5, 0.6) is 0 Å². The fourth-order valence-electron chi connectivity index (χ4n) is 2.11. The van der Waals surface area contributed by atoms with Gasteiger partial charge in [-0.3, -0.25) is 0 Å². The second-order valence-electron chi connectivity index (χ2n) is 5.56. The maximum Gasteiger partial charge on any atom is 0.0507 e. The summed E-state index contributed by atoms with van der Waals surface area (Å²) in [5.74, 6) is 0. The van der Waals surface area contributed by atoms with Crippen molar-refractivity contribution in [2.45, 2.75) is 58.0 Å². The molecule has 0 fully saturated rings. The van der Waals surface area contributed by atoms with Crippen LogP contribution in [-0.4, -0.2) is 12.6 Å². The molecule has 1 rings (SSSR count). The number of benzene rings is 1. The zero-order valence-electron chi connectivity index (χ0n) is 12.1. The van der Waals surface area contributed by atoms with Gasteiger partial charge in [-0.05, 0) is 25.8 Å². The predicted octanol–water partition coefficient (Wildman–Crippen LogP) is 3.42. The number of nitrogens with one attached hydrogen (secondary N) is 1. The van der Waals surface area contributed by atoms with Gasteiger partial charge in [0.1, 0.15) is 0 Å². The minimum atomic E-state index is -0.291. The van der Waals surface area contributed by atoms with Gasteiger partial charge in [-0.15, -0.1) is 0 Å². The number of nitrogens with two attached hydrogens (primary N) is 1. The van der Waals surface area contributed by atoms with Crippen LogP contribution < -0.4 is 11.1 Å². The van der Waals surface area contributed by atoms with Gasteiger partial charge in [0.15, 0.2) is 0 Å². The zero-order chi connectivity index (χ0) is 13.4. The molecular weight excluding hydrogens is 220 g/mol. The Bertz CT molecular complexity index is 319. The monoisotopic (exact) mass is 248 g/mol. The average Bonchev–Trinajstić information content (AvgIpc) is 2.38. The molecule has 0 saturated heterocycles. The van der Waals surface area contributed by atoms with E-state index in [1.54, 1.807) is 0 Å². The zero-order valence-corrected chi connectivity index (χ0v) is 12.1. The van der Waals surface area contributed by atoms with Gasteiger partial charge in [-0.25, -0.2) is 0 Å². The smallest absolute Gasteiger partial charge is 0.0507 e. The first kappa shape index (κ1) is 15.2. The van der Waals surface area contributed by atoms with Crippen LogP contribution >= 0.6 is 0 Å². The van der Waals surface area contributed by atoms with Crippen LogP contribution in [0.25, 0.3) is 0 Å². The number of rotatable bonds is 8. The molecule has 0 amide bonds. The number of unbranched alkanes of at least 4 members (excludes halogenated alkanes) is 2. The lowest BCUT2D eigenvalue weighted by atomic mass is 9.93. The summed E-state index contributed by atoms with van der Waals surface area (Å²) in [5, 5.41) is 3.56. The molecule has 18 heavy (non-hydrogen) atoms. The molecule has 0 spiro atoms. The molecule has 2 unspecified atom stereocenters. The second-order valence-corrected chi connectivity index (χ2v) is 5.56. The molecule has 0 aliphatic carbocycles. The van der Waals surface area contributed by atoms with Crippen molar-refractivity contribution in [2.75, 3.05) is 6.54 Å². The molecule has 1 aromatic carbocycles. The minimum Gasteiger partial charge on any atom is -0.321 e. The molecule has 0 aromatic heterocycles. The molecular formula is C16H28N2. The molecule has 0 aliphatic heterocycles. The third-order valence-electron chi connectivity index (χ3n) is 3.49. The van der Waals surface area contributed by atoms with Gasteiger partial charge in [0.05, 0.1) is 5.54 Å². The molecule has 1 aromatic rings. The highest BCUT2D eigenvalue weighted by molar-refractivity contribution is 5.23. The molecule has 3 N–H and O–H groups in total. The Morgan fingerprint density at radius 2 is 1.89 bits per heavy atom. The Labute approximate surface area is 112 Å². The lowest BCUT2D eigenvalue weighted by Crippen LogP contribution is -2.45. The average molecular weight is 248 g/mol. The van der Waals surface area contributed by atoms with E-state index in [9.17, 15) is 0 Å². The van der Waals surface area contributed by atoms with Crippen LogP contribution in [-0.2, 0) is 5.54 Å². The summed E-state index contributed by atoms with van der Waals surface area (Å²) in [6.07, 6.45) is 5.14. The molecule has 2 nitrogen and oxygen atoms in total. The minimum absolute atomic E-state index is 0.291. The van der Waals surface area contributed by atoms with Crippen LogP contribution in [0.1, 0.15) is 52.0 Å². The van der Waals surface area contributed by atoms with Crippen LogP contribution in [0.2, 0.25) is 0 Å². The summed E-state index contributed by atoms with van der Waals surface area (Å²) in [5.41, 5.74) is 7.28. The van der Waals surface area contributed by atoms with E-state index in [-0.39, 0.29) is 5.54 Å². The van der Waals surface area contributed by atoms with Crippen LogP contribution in [0.15, 0.2) is 30.3 Å². The van der Waals surface area contributed by atoms with Crippen molar-refractivity contribution in [2.24, 2.45) is 5.73 Å². The largest absolute Gasteiger partial charge is 0.321 e. The second kappa shape index (κ2) is 7.55. The molecule has 2 heteroatoms. The van der Waals surface area contributed by atoms with E-state index in [1.807, 2.05) is 18.2 Å². The highest BCUT2D eigenvalue weighted by Gasteiger charge is 2.20. The van der Waals surface area contributed by atoms with Gasteiger partial charge in [-0.1, -0.05) is 56.5 Å². The van der Waals surface area contributed by atoms with Crippen molar-refractivity contribution < 1.29 is 0 Å². The molecule has 102 valence electrons. The summed E-state index contributed by atoms with van der Waals surface area (Å²) in [4.78, 5) is 0. The Morgan fingerprint density at radius 1 is 1.22 bits per heavy atom. The number of hydrogen-bond donors (Lipinski definition) is 2. The van der Waals surface area contributed by atoms with Gasteiger partial charge >= 0.3 is 0 Å². The maximum atomic E-state index is 6.38. The highest BCUT2D eigenvalue weighted by Crippen LogP contribution is 2.16. The lowest BCUT2D eigenvalue weighted by molar-refractivity contribution is 0.395. The van der Waals surface area contributed by atoms with Gasteiger partial charge in [0.2, 0.25) is 0 Å². The van der Waals surface area contributed by atoms with E-state index in [4.69, 9.17) is 5.73 Å². The number of hydrogen-bond acceptors (Lipinski definition) is 2. The Balaban J connectivity index is 2.37. The molecule has 0 saturated carbocycles. The van der Waals surface area contributed by atoms with E-state index >= 15 is 0 Å².